The molecule has 9 heteroatoms. The minimum Gasteiger partial charge on any atom is -0.353 e. The second kappa shape index (κ2) is 7.89. The van der Waals surface area contributed by atoms with Gasteiger partial charge in [0.15, 0.2) is 11.5 Å². The van der Waals surface area contributed by atoms with E-state index in [-0.39, 0.29) is 12.3 Å². The third kappa shape index (κ3) is 4.09. The molecule has 3 aromatic rings. The van der Waals surface area contributed by atoms with Gasteiger partial charge in [0, 0.05) is 44.7 Å². The zero-order chi connectivity index (χ0) is 19.5. The van der Waals surface area contributed by atoms with E-state index < -0.39 is 0 Å². The zero-order valence-electron chi connectivity index (χ0n) is 16.2. The number of anilines is 2. The Morgan fingerprint density at radius 1 is 1.11 bits per heavy atom. The molecular formula is C19H24N8O. The van der Waals surface area contributed by atoms with Crippen molar-refractivity contribution in [1.82, 2.24) is 29.7 Å². The lowest BCUT2D eigenvalue weighted by molar-refractivity contribution is -0.116. The highest BCUT2D eigenvalue weighted by Gasteiger charge is 2.17. The Hall–Kier alpha value is -3.07. The number of amides is 1. The van der Waals surface area contributed by atoms with Gasteiger partial charge in [-0.15, -0.1) is 15.3 Å². The number of hydrogen-bond donors (Lipinski definition) is 1. The Morgan fingerprint density at radius 3 is 2.71 bits per heavy atom. The molecule has 1 saturated heterocycles. The molecule has 0 atom stereocenters. The molecule has 0 aromatic carbocycles. The fraction of sp³-hybridized carbons (Fsp3) is 0.421. The molecule has 146 valence electrons. The van der Waals surface area contributed by atoms with Gasteiger partial charge in [0.25, 0.3) is 0 Å². The van der Waals surface area contributed by atoms with Crippen LogP contribution in [0.4, 0.5) is 11.6 Å². The molecule has 3 aromatic heterocycles. The van der Waals surface area contributed by atoms with E-state index in [0.29, 0.717) is 23.7 Å². The number of nitrogens with zero attached hydrogens (tertiary/aromatic N) is 7. The maximum atomic E-state index is 12.3. The van der Waals surface area contributed by atoms with Gasteiger partial charge in [0.2, 0.25) is 5.91 Å². The van der Waals surface area contributed by atoms with Crippen LogP contribution in [0.25, 0.3) is 5.65 Å². The van der Waals surface area contributed by atoms with Gasteiger partial charge in [0.1, 0.15) is 11.6 Å². The van der Waals surface area contributed by atoms with E-state index in [1.54, 1.807) is 10.6 Å². The van der Waals surface area contributed by atoms with Gasteiger partial charge in [-0.25, -0.2) is 4.98 Å². The van der Waals surface area contributed by atoms with Crippen molar-refractivity contribution in [3.63, 3.8) is 0 Å². The SMILES string of the molecule is Cc1cccc(NC(=O)CCc2nnc3ccc(N4CCN(C)CC4)nn23)n1. The summed E-state index contributed by atoms with van der Waals surface area (Å²) in [4.78, 5) is 21.1. The number of aromatic nitrogens is 5. The fourth-order valence-electron chi connectivity index (χ4n) is 3.23. The topological polar surface area (TPSA) is 91.5 Å². The highest BCUT2D eigenvalue weighted by atomic mass is 16.1. The van der Waals surface area contributed by atoms with Gasteiger partial charge in [0.05, 0.1) is 0 Å². The summed E-state index contributed by atoms with van der Waals surface area (Å²) >= 11 is 0. The van der Waals surface area contributed by atoms with Crippen molar-refractivity contribution in [3.8, 4) is 0 Å². The monoisotopic (exact) mass is 380 g/mol. The first-order valence-electron chi connectivity index (χ1n) is 9.47. The Bertz CT molecular complexity index is 977. The maximum absolute atomic E-state index is 12.3. The number of likely N-dealkylation sites (N-methyl/N-ethyl adjacent to an activating group) is 1. The van der Waals surface area contributed by atoms with Crippen LogP contribution in [0.15, 0.2) is 30.3 Å². The average Bonchev–Trinajstić information content (AvgIpc) is 3.09. The van der Waals surface area contributed by atoms with E-state index in [9.17, 15) is 4.79 Å². The Labute approximate surface area is 163 Å². The minimum atomic E-state index is -0.106. The third-order valence-electron chi connectivity index (χ3n) is 4.87. The molecule has 0 bridgehead atoms. The Kier molecular flexibility index (Phi) is 5.16. The van der Waals surface area contributed by atoms with Crippen molar-refractivity contribution in [3.05, 3.63) is 41.9 Å². The summed E-state index contributed by atoms with van der Waals surface area (Å²) in [5.41, 5.74) is 1.55. The van der Waals surface area contributed by atoms with Crippen LogP contribution in [0.2, 0.25) is 0 Å². The zero-order valence-corrected chi connectivity index (χ0v) is 16.2. The molecule has 1 amide bonds. The standard InChI is InChI=1S/C19H24N8O/c1-14-4-3-5-15(20-14)21-19(28)9-8-17-23-22-16-6-7-18(24-27(16)17)26-12-10-25(2)11-13-26/h3-7H,8-13H2,1-2H3,(H,20,21,28). The number of nitrogens with one attached hydrogen (secondary N) is 1. The number of fused-ring (bicyclic) bond motifs is 1. The number of hydrogen-bond acceptors (Lipinski definition) is 7. The molecule has 0 aliphatic carbocycles. The van der Waals surface area contributed by atoms with Gasteiger partial charge < -0.3 is 15.1 Å². The number of carbonyl (C=O) groups is 1. The van der Waals surface area contributed by atoms with E-state index in [4.69, 9.17) is 5.10 Å². The van der Waals surface area contributed by atoms with E-state index in [1.807, 2.05) is 31.2 Å². The van der Waals surface area contributed by atoms with Crippen LogP contribution < -0.4 is 10.2 Å². The predicted molar refractivity (Wildman–Crippen MR) is 106 cm³/mol. The van der Waals surface area contributed by atoms with Crippen LogP contribution >= 0.6 is 0 Å². The average molecular weight is 380 g/mol. The minimum absolute atomic E-state index is 0.106. The van der Waals surface area contributed by atoms with Crippen molar-refractivity contribution < 1.29 is 4.79 Å². The van der Waals surface area contributed by atoms with E-state index in [2.05, 4.69) is 37.3 Å². The number of rotatable bonds is 5. The first kappa shape index (κ1) is 18.3. The molecule has 4 rings (SSSR count). The number of carbonyl (C=O) groups excluding carboxylic acids is 1. The smallest absolute Gasteiger partial charge is 0.225 e. The van der Waals surface area contributed by atoms with Crippen LogP contribution in [0, 0.1) is 6.92 Å². The molecule has 9 nitrogen and oxygen atoms in total. The third-order valence-corrected chi connectivity index (χ3v) is 4.87. The lowest BCUT2D eigenvalue weighted by atomic mass is 10.3. The van der Waals surface area contributed by atoms with E-state index in [0.717, 1.165) is 37.7 Å². The van der Waals surface area contributed by atoms with Crippen molar-refractivity contribution >= 4 is 23.2 Å². The van der Waals surface area contributed by atoms with E-state index >= 15 is 0 Å². The largest absolute Gasteiger partial charge is 0.353 e. The first-order chi connectivity index (χ1) is 13.6. The molecule has 0 saturated carbocycles. The predicted octanol–water partition coefficient (Wildman–Crippen LogP) is 1.15. The molecule has 1 N–H and O–H groups in total. The van der Waals surface area contributed by atoms with Gasteiger partial charge >= 0.3 is 0 Å². The van der Waals surface area contributed by atoms with Crippen molar-refractivity contribution in [2.45, 2.75) is 19.8 Å². The van der Waals surface area contributed by atoms with Crippen LogP contribution in [-0.4, -0.2) is 68.8 Å². The quantitative estimate of drug-likeness (QED) is 0.710. The molecule has 0 unspecified atom stereocenters. The maximum Gasteiger partial charge on any atom is 0.225 e. The molecule has 1 aliphatic rings. The summed E-state index contributed by atoms with van der Waals surface area (Å²) in [6.07, 6.45) is 0.745. The van der Waals surface area contributed by atoms with Crippen molar-refractivity contribution in [2.75, 3.05) is 43.4 Å². The van der Waals surface area contributed by atoms with Crippen LogP contribution in [0.5, 0.6) is 0 Å². The van der Waals surface area contributed by atoms with Crippen molar-refractivity contribution in [1.29, 1.82) is 0 Å². The van der Waals surface area contributed by atoms with E-state index in [1.165, 1.54) is 0 Å². The van der Waals surface area contributed by atoms with Gasteiger partial charge in [-0.3, -0.25) is 4.79 Å². The summed E-state index contributed by atoms with van der Waals surface area (Å²) < 4.78 is 1.74. The summed E-state index contributed by atoms with van der Waals surface area (Å²) in [6, 6.07) is 9.44. The normalized spacial score (nSPS) is 15.1. The molecule has 1 aliphatic heterocycles. The number of pyridine rings is 1. The summed E-state index contributed by atoms with van der Waals surface area (Å²) in [6.45, 7) is 5.81. The second-order valence-electron chi connectivity index (χ2n) is 7.08. The van der Waals surface area contributed by atoms with Crippen LogP contribution in [0.3, 0.4) is 0 Å². The Balaban J connectivity index is 1.43. The van der Waals surface area contributed by atoms with Crippen LogP contribution in [-0.2, 0) is 11.2 Å². The lowest BCUT2D eigenvalue weighted by Gasteiger charge is -2.33. The molecular weight excluding hydrogens is 356 g/mol. The van der Waals surface area contributed by atoms with Gasteiger partial charge in [-0.05, 0) is 38.2 Å². The highest BCUT2D eigenvalue weighted by molar-refractivity contribution is 5.89. The van der Waals surface area contributed by atoms with Gasteiger partial charge in [-0.1, -0.05) is 6.07 Å². The highest BCUT2D eigenvalue weighted by Crippen LogP contribution is 2.15. The molecule has 28 heavy (non-hydrogen) atoms. The lowest BCUT2D eigenvalue weighted by Crippen LogP contribution is -2.45. The number of piperazine rings is 1. The van der Waals surface area contributed by atoms with Crippen LogP contribution in [0.1, 0.15) is 17.9 Å². The molecule has 4 heterocycles. The first-order valence-corrected chi connectivity index (χ1v) is 9.47. The summed E-state index contributed by atoms with van der Waals surface area (Å²) in [5.74, 6) is 2.05. The fourth-order valence-corrected chi connectivity index (χ4v) is 3.23. The second-order valence-corrected chi connectivity index (χ2v) is 7.08. The molecule has 1 fully saturated rings. The Morgan fingerprint density at radius 2 is 1.93 bits per heavy atom. The van der Waals surface area contributed by atoms with Crippen molar-refractivity contribution in [2.24, 2.45) is 0 Å². The summed E-state index contributed by atoms with van der Waals surface area (Å²) in [7, 11) is 2.13. The van der Waals surface area contributed by atoms with Gasteiger partial charge in [-0.2, -0.15) is 4.52 Å². The molecule has 0 spiro atoms. The summed E-state index contributed by atoms with van der Waals surface area (Å²) in [5, 5.41) is 15.9. The number of aryl methyl sites for hydroxylation is 2. The molecule has 0 radical (unpaired) electrons.